The first-order valence-corrected chi connectivity index (χ1v) is 6.45. The monoisotopic (exact) mass is 246 g/mol. The molecular formula is C15H18O3. The molecule has 1 saturated heterocycles. The van der Waals surface area contributed by atoms with Gasteiger partial charge in [0.2, 0.25) is 0 Å². The molecule has 2 aliphatic carbocycles. The van der Waals surface area contributed by atoms with E-state index in [1.54, 1.807) is 0 Å². The molecule has 0 unspecified atom stereocenters. The summed E-state index contributed by atoms with van der Waals surface area (Å²) >= 11 is 0. The van der Waals surface area contributed by atoms with Crippen LogP contribution in [0.3, 0.4) is 0 Å². The van der Waals surface area contributed by atoms with E-state index in [1.165, 1.54) is 0 Å². The summed E-state index contributed by atoms with van der Waals surface area (Å²) in [6, 6.07) is 0. The number of esters is 1. The van der Waals surface area contributed by atoms with E-state index in [9.17, 15) is 9.90 Å². The molecule has 1 N–H and O–H groups in total. The molecule has 0 bridgehead atoms. The van der Waals surface area contributed by atoms with Crippen LogP contribution in [-0.2, 0) is 9.53 Å². The van der Waals surface area contributed by atoms with Gasteiger partial charge in [0.05, 0.1) is 6.10 Å². The van der Waals surface area contributed by atoms with E-state index in [4.69, 9.17) is 4.74 Å². The Labute approximate surface area is 107 Å². The minimum Gasteiger partial charge on any atom is -0.458 e. The fraction of sp³-hybridized carbons (Fsp3) is 0.533. The van der Waals surface area contributed by atoms with E-state index < -0.39 is 6.10 Å². The standard InChI is InChI=1S/C15H18O3/c1-7-4-5-10-8(2)15(17)18-14(10)13-9(3)12(16)6-11(7)13/h10-14,16H,1-6H2/t10-,11-,12+,13-,14-/m0/s1. The van der Waals surface area contributed by atoms with Crippen molar-refractivity contribution in [2.45, 2.75) is 31.5 Å². The van der Waals surface area contributed by atoms with Crippen LogP contribution in [0.25, 0.3) is 0 Å². The van der Waals surface area contributed by atoms with Crippen LogP contribution < -0.4 is 0 Å². The number of carbonyl (C=O) groups is 1. The summed E-state index contributed by atoms with van der Waals surface area (Å²) in [4.78, 5) is 11.7. The highest BCUT2D eigenvalue weighted by atomic mass is 16.6. The zero-order valence-electron chi connectivity index (χ0n) is 10.4. The maximum atomic E-state index is 11.7. The molecule has 2 saturated carbocycles. The summed E-state index contributed by atoms with van der Waals surface area (Å²) in [6.45, 7) is 12.0. The number of allylic oxidation sites excluding steroid dienone is 1. The summed E-state index contributed by atoms with van der Waals surface area (Å²) in [5.41, 5.74) is 2.51. The van der Waals surface area contributed by atoms with Crippen LogP contribution in [0.1, 0.15) is 19.3 Å². The molecule has 3 nitrogen and oxygen atoms in total. The van der Waals surface area contributed by atoms with Gasteiger partial charge in [-0.15, -0.1) is 0 Å². The van der Waals surface area contributed by atoms with Gasteiger partial charge in [-0.2, -0.15) is 0 Å². The van der Waals surface area contributed by atoms with Crippen LogP contribution in [0.15, 0.2) is 36.5 Å². The molecule has 3 aliphatic rings. The molecule has 96 valence electrons. The SMILES string of the molecule is C=C1[C@@H]2[C@H]3OC(=O)C(=C)[C@@H]3CCC(=C)[C@@H]2C[C@H]1O. The molecule has 0 aromatic carbocycles. The van der Waals surface area contributed by atoms with Gasteiger partial charge in [-0.1, -0.05) is 25.3 Å². The predicted octanol–water partition coefficient (Wildman–Crippen LogP) is 1.99. The Morgan fingerprint density at radius 2 is 1.94 bits per heavy atom. The van der Waals surface area contributed by atoms with Gasteiger partial charge in [0.1, 0.15) is 6.10 Å². The Hall–Kier alpha value is -1.35. The largest absolute Gasteiger partial charge is 0.458 e. The lowest BCUT2D eigenvalue weighted by Crippen LogP contribution is -2.29. The highest BCUT2D eigenvalue weighted by Gasteiger charge is 2.52. The zero-order chi connectivity index (χ0) is 13.0. The summed E-state index contributed by atoms with van der Waals surface area (Å²) in [5.74, 6) is -0.0128. The Morgan fingerprint density at radius 3 is 2.67 bits per heavy atom. The van der Waals surface area contributed by atoms with Gasteiger partial charge in [0.15, 0.2) is 0 Å². The van der Waals surface area contributed by atoms with Crippen molar-refractivity contribution < 1.29 is 14.6 Å². The van der Waals surface area contributed by atoms with Gasteiger partial charge in [0.25, 0.3) is 0 Å². The number of fused-ring (bicyclic) bond motifs is 3. The lowest BCUT2D eigenvalue weighted by molar-refractivity contribution is -0.141. The van der Waals surface area contributed by atoms with Crippen LogP contribution in [0.4, 0.5) is 0 Å². The van der Waals surface area contributed by atoms with E-state index in [0.717, 1.165) is 24.0 Å². The molecule has 0 amide bonds. The molecule has 0 aromatic heterocycles. The zero-order valence-corrected chi connectivity index (χ0v) is 10.4. The maximum Gasteiger partial charge on any atom is 0.334 e. The number of carbonyl (C=O) groups excluding carboxylic acids is 1. The van der Waals surface area contributed by atoms with Crippen molar-refractivity contribution in [3.05, 3.63) is 36.5 Å². The van der Waals surface area contributed by atoms with Crippen molar-refractivity contribution in [2.75, 3.05) is 0 Å². The average Bonchev–Trinajstić information content (AvgIpc) is 2.72. The molecule has 1 aliphatic heterocycles. The van der Waals surface area contributed by atoms with E-state index in [-0.39, 0.29) is 29.8 Å². The molecular weight excluding hydrogens is 228 g/mol. The third kappa shape index (κ3) is 1.43. The first-order valence-electron chi connectivity index (χ1n) is 6.45. The third-order valence-corrected chi connectivity index (χ3v) is 4.77. The van der Waals surface area contributed by atoms with Gasteiger partial charge < -0.3 is 9.84 Å². The molecule has 0 aromatic rings. The fourth-order valence-corrected chi connectivity index (χ4v) is 3.70. The van der Waals surface area contributed by atoms with Crippen molar-refractivity contribution in [2.24, 2.45) is 17.8 Å². The highest BCUT2D eigenvalue weighted by molar-refractivity contribution is 5.91. The lowest BCUT2D eigenvalue weighted by atomic mass is 9.82. The van der Waals surface area contributed by atoms with Crippen LogP contribution >= 0.6 is 0 Å². The van der Waals surface area contributed by atoms with Crippen molar-refractivity contribution in [1.82, 2.24) is 0 Å². The quantitative estimate of drug-likeness (QED) is 0.404. The number of hydrogen-bond donors (Lipinski definition) is 1. The number of hydrogen-bond acceptors (Lipinski definition) is 3. The van der Waals surface area contributed by atoms with Crippen LogP contribution in [0, 0.1) is 17.8 Å². The molecule has 5 atom stereocenters. The molecule has 3 fully saturated rings. The van der Waals surface area contributed by atoms with Gasteiger partial charge in [-0.05, 0) is 30.8 Å². The average molecular weight is 246 g/mol. The smallest absolute Gasteiger partial charge is 0.334 e. The minimum absolute atomic E-state index is 0.0169. The first kappa shape index (κ1) is 11.7. The van der Waals surface area contributed by atoms with Gasteiger partial charge in [0, 0.05) is 17.4 Å². The van der Waals surface area contributed by atoms with E-state index >= 15 is 0 Å². The number of aliphatic hydroxyl groups is 1. The summed E-state index contributed by atoms with van der Waals surface area (Å²) in [6.07, 6.45) is 1.71. The van der Waals surface area contributed by atoms with Crippen LogP contribution in [0.2, 0.25) is 0 Å². The fourth-order valence-electron chi connectivity index (χ4n) is 3.70. The predicted molar refractivity (Wildman–Crippen MR) is 67.6 cm³/mol. The molecule has 0 radical (unpaired) electrons. The number of aliphatic hydroxyl groups excluding tert-OH is 1. The summed E-state index contributed by atoms with van der Waals surface area (Å²) in [5, 5.41) is 9.99. The third-order valence-electron chi connectivity index (χ3n) is 4.77. The van der Waals surface area contributed by atoms with Crippen molar-refractivity contribution in [1.29, 1.82) is 0 Å². The van der Waals surface area contributed by atoms with Crippen molar-refractivity contribution >= 4 is 5.97 Å². The Kier molecular flexibility index (Phi) is 2.49. The van der Waals surface area contributed by atoms with E-state index in [2.05, 4.69) is 19.7 Å². The molecule has 18 heavy (non-hydrogen) atoms. The molecule has 3 rings (SSSR count). The Balaban J connectivity index is 2.01. The molecule has 3 heteroatoms. The highest BCUT2D eigenvalue weighted by Crippen LogP contribution is 2.51. The number of rotatable bonds is 0. The van der Waals surface area contributed by atoms with Crippen LogP contribution in [0.5, 0.6) is 0 Å². The van der Waals surface area contributed by atoms with E-state index in [1.807, 2.05) is 0 Å². The topological polar surface area (TPSA) is 46.5 Å². The van der Waals surface area contributed by atoms with E-state index in [0.29, 0.717) is 12.0 Å². The Morgan fingerprint density at radius 1 is 1.22 bits per heavy atom. The molecule has 0 spiro atoms. The Bertz CT molecular complexity index is 462. The van der Waals surface area contributed by atoms with Gasteiger partial charge in [-0.25, -0.2) is 4.79 Å². The lowest BCUT2D eigenvalue weighted by Gasteiger charge is -2.25. The van der Waals surface area contributed by atoms with Crippen LogP contribution in [-0.4, -0.2) is 23.3 Å². The second kappa shape index (κ2) is 3.82. The number of ether oxygens (including phenoxy) is 1. The summed E-state index contributed by atoms with van der Waals surface area (Å²) in [7, 11) is 0. The summed E-state index contributed by atoms with van der Waals surface area (Å²) < 4.78 is 5.49. The van der Waals surface area contributed by atoms with Gasteiger partial charge >= 0.3 is 5.97 Å². The second-order valence-corrected chi connectivity index (χ2v) is 5.66. The normalized spacial score (nSPS) is 43.5. The minimum atomic E-state index is -0.497. The van der Waals surface area contributed by atoms with Gasteiger partial charge in [-0.3, -0.25) is 0 Å². The van der Waals surface area contributed by atoms with Crippen molar-refractivity contribution in [3.63, 3.8) is 0 Å². The first-order chi connectivity index (χ1) is 8.50. The maximum absolute atomic E-state index is 11.7. The molecule has 1 heterocycles. The van der Waals surface area contributed by atoms with Crippen molar-refractivity contribution in [3.8, 4) is 0 Å². The second-order valence-electron chi connectivity index (χ2n) is 5.66.